The van der Waals surface area contributed by atoms with Crippen molar-refractivity contribution in [3.63, 3.8) is 0 Å². The van der Waals surface area contributed by atoms with Gasteiger partial charge in [0.25, 0.3) is 0 Å². The monoisotopic (exact) mass is 280 g/mol. The summed E-state index contributed by atoms with van der Waals surface area (Å²) in [6, 6.07) is 14.7. The van der Waals surface area contributed by atoms with Crippen molar-refractivity contribution in [3.05, 3.63) is 59.2 Å². The van der Waals surface area contributed by atoms with Crippen molar-refractivity contribution in [1.82, 2.24) is 0 Å². The molecule has 0 heterocycles. The van der Waals surface area contributed by atoms with E-state index in [1.807, 2.05) is 18.2 Å². The van der Waals surface area contributed by atoms with E-state index in [0.717, 1.165) is 17.8 Å². The Balaban J connectivity index is 1.77. The Kier molecular flexibility index (Phi) is 4.14. The minimum absolute atomic E-state index is 0.667. The van der Waals surface area contributed by atoms with Crippen LogP contribution < -0.4 is 11.5 Å². The molecule has 1 aliphatic rings. The number of nitrogen functional groups attached to an aromatic ring is 2. The average molecular weight is 280 g/mol. The Bertz CT molecular complexity index is 613. The number of rotatable bonds is 3. The van der Waals surface area contributed by atoms with Crippen molar-refractivity contribution >= 4 is 11.4 Å². The molecular formula is C19H24N2. The van der Waals surface area contributed by atoms with E-state index >= 15 is 0 Å². The minimum atomic E-state index is 0.667. The zero-order chi connectivity index (χ0) is 14.7. The molecule has 2 aromatic carbocycles. The van der Waals surface area contributed by atoms with Gasteiger partial charge in [-0.2, -0.15) is 0 Å². The normalized spacial score (nSPS) is 16.0. The minimum Gasteiger partial charge on any atom is -0.399 e. The summed E-state index contributed by atoms with van der Waals surface area (Å²) in [6.45, 7) is 0. The number of anilines is 2. The average Bonchev–Trinajstić information content (AvgIpc) is 2.48. The van der Waals surface area contributed by atoms with Crippen LogP contribution in [0.5, 0.6) is 0 Å². The maximum atomic E-state index is 6.31. The highest BCUT2D eigenvalue weighted by Crippen LogP contribution is 2.35. The Hall–Kier alpha value is -1.96. The first-order valence-corrected chi connectivity index (χ1v) is 7.95. The zero-order valence-corrected chi connectivity index (χ0v) is 12.5. The second-order valence-corrected chi connectivity index (χ2v) is 6.22. The highest BCUT2D eigenvalue weighted by Gasteiger charge is 2.17. The van der Waals surface area contributed by atoms with Crippen LogP contribution in [0, 0.1) is 0 Å². The van der Waals surface area contributed by atoms with Gasteiger partial charge in [-0.3, -0.25) is 0 Å². The van der Waals surface area contributed by atoms with Crippen LogP contribution in [-0.2, 0) is 6.42 Å². The molecule has 110 valence electrons. The second-order valence-electron chi connectivity index (χ2n) is 6.22. The number of nitrogens with two attached hydrogens (primary N) is 2. The van der Waals surface area contributed by atoms with Gasteiger partial charge in [0.1, 0.15) is 0 Å². The van der Waals surface area contributed by atoms with Crippen LogP contribution in [0.25, 0.3) is 0 Å². The summed E-state index contributed by atoms with van der Waals surface area (Å²) in [5, 5.41) is 0. The van der Waals surface area contributed by atoms with Gasteiger partial charge in [-0.05, 0) is 60.1 Å². The van der Waals surface area contributed by atoms with Crippen LogP contribution in [0.3, 0.4) is 0 Å². The molecule has 21 heavy (non-hydrogen) atoms. The molecule has 4 N–H and O–H groups in total. The molecule has 0 aromatic heterocycles. The molecule has 2 heteroatoms. The van der Waals surface area contributed by atoms with Gasteiger partial charge in [0, 0.05) is 11.4 Å². The molecule has 0 atom stereocenters. The van der Waals surface area contributed by atoms with Crippen molar-refractivity contribution in [1.29, 1.82) is 0 Å². The summed E-state index contributed by atoms with van der Waals surface area (Å²) in [4.78, 5) is 0. The molecule has 3 rings (SSSR count). The molecule has 0 aliphatic heterocycles. The number of benzene rings is 2. The highest BCUT2D eigenvalue weighted by atomic mass is 14.6. The standard InChI is InChI=1S/C19H24N2/c20-17-8-4-5-14(12-17)11-15-9-10-18(19(21)13-15)16-6-2-1-3-7-16/h4-5,8-10,12-13,16H,1-3,6-7,11,20-21H2. The molecule has 0 bridgehead atoms. The maximum absolute atomic E-state index is 6.31. The van der Waals surface area contributed by atoms with Crippen LogP contribution in [-0.4, -0.2) is 0 Å². The van der Waals surface area contributed by atoms with Crippen molar-refractivity contribution in [3.8, 4) is 0 Å². The maximum Gasteiger partial charge on any atom is 0.0352 e. The molecule has 1 aliphatic carbocycles. The van der Waals surface area contributed by atoms with Crippen LogP contribution in [0.1, 0.15) is 54.7 Å². The summed E-state index contributed by atoms with van der Waals surface area (Å²) in [5.41, 5.74) is 17.8. The van der Waals surface area contributed by atoms with E-state index in [0.29, 0.717) is 5.92 Å². The lowest BCUT2D eigenvalue weighted by Crippen LogP contribution is -2.07. The predicted octanol–water partition coefficient (Wildman–Crippen LogP) is 4.49. The van der Waals surface area contributed by atoms with Crippen LogP contribution in [0.2, 0.25) is 0 Å². The van der Waals surface area contributed by atoms with Crippen LogP contribution >= 0.6 is 0 Å². The quantitative estimate of drug-likeness (QED) is 0.814. The van der Waals surface area contributed by atoms with Crippen molar-refractivity contribution in [2.45, 2.75) is 44.4 Å². The number of hydrogen-bond acceptors (Lipinski definition) is 2. The van der Waals surface area contributed by atoms with Crippen molar-refractivity contribution in [2.75, 3.05) is 11.5 Å². The van der Waals surface area contributed by atoms with Crippen molar-refractivity contribution in [2.24, 2.45) is 0 Å². The molecular weight excluding hydrogens is 256 g/mol. The molecule has 2 aromatic rings. The van der Waals surface area contributed by atoms with E-state index < -0.39 is 0 Å². The van der Waals surface area contributed by atoms with E-state index in [-0.39, 0.29) is 0 Å². The Morgan fingerprint density at radius 1 is 0.857 bits per heavy atom. The first-order valence-electron chi connectivity index (χ1n) is 7.95. The fraction of sp³-hybridized carbons (Fsp3) is 0.368. The van der Waals surface area contributed by atoms with Gasteiger partial charge in [0.15, 0.2) is 0 Å². The van der Waals surface area contributed by atoms with Crippen LogP contribution in [0.15, 0.2) is 42.5 Å². The SMILES string of the molecule is Nc1cccc(Cc2ccc(C3CCCCC3)c(N)c2)c1. The van der Waals surface area contributed by atoms with Gasteiger partial charge in [0.2, 0.25) is 0 Å². The summed E-state index contributed by atoms with van der Waals surface area (Å²) in [7, 11) is 0. The molecule has 0 radical (unpaired) electrons. The second kappa shape index (κ2) is 6.21. The first kappa shape index (κ1) is 14.0. The van der Waals surface area contributed by atoms with Gasteiger partial charge in [-0.15, -0.1) is 0 Å². The van der Waals surface area contributed by atoms with Gasteiger partial charge >= 0.3 is 0 Å². The third-order valence-electron chi connectivity index (χ3n) is 4.56. The Morgan fingerprint density at radius 3 is 2.33 bits per heavy atom. The predicted molar refractivity (Wildman–Crippen MR) is 90.3 cm³/mol. The molecule has 1 saturated carbocycles. The highest BCUT2D eigenvalue weighted by molar-refractivity contribution is 5.52. The molecule has 2 nitrogen and oxygen atoms in total. The van der Waals surface area contributed by atoms with Crippen molar-refractivity contribution < 1.29 is 0 Å². The first-order chi connectivity index (χ1) is 10.2. The Morgan fingerprint density at radius 2 is 1.62 bits per heavy atom. The number of hydrogen-bond donors (Lipinski definition) is 2. The lowest BCUT2D eigenvalue weighted by atomic mass is 9.83. The summed E-state index contributed by atoms with van der Waals surface area (Å²) in [6.07, 6.45) is 7.53. The molecule has 1 fully saturated rings. The third kappa shape index (κ3) is 3.38. The van der Waals surface area contributed by atoms with Gasteiger partial charge in [-0.1, -0.05) is 43.5 Å². The van der Waals surface area contributed by atoms with Gasteiger partial charge in [-0.25, -0.2) is 0 Å². The zero-order valence-electron chi connectivity index (χ0n) is 12.5. The van der Waals surface area contributed by atoms with E-state index in [2.05, 4.69) is 24.3 Å². The van der Waals surface area contributed by atoms with E-state index in [9.17, 15) is 0 Å². The topological polar surface area (TPSA) is 52.0 Å². The summed E-state index contributed by atoms with van der Waals surface area (Å²) in [5.74, 6) is 0.667. The van der Waals surface area contributed by atoms with E-state index in [1.165, 1.54) is 48.8 Å². The fourth-order valence-corrected chi connectivity index (χ4v) is 3.46. The van der Waals surface area contributed by atoms with Gasteiger partial charge in [0.05, 0.1) is 0 Å². The smallest absolute Gasteiger partial charge is 0.0352 e. The van der Waals surface area contributed by atoms with E-state index in [4.69, 9.17) is 11.5 Å². The fourth-order valence-electron chi connectivity index (χ4n) is 3.46. The molecule has 0 spiro atoms. The third-order valence-corrected chi connectivity index (χ3v) is 4.56. The van der Waals surface area contributed by atoms with E-state index in [1.54, 1.807) is 0 Å². The lowest BCUT2D eigenvalue weighted by molar-refractivity contribution is 0.444. The summed E-state index contributed by atoms with van der Waals surface area (Å²) < 4.78 is 0. The Labute approximate surface area is 127 Å². The molecule has 0 unspecified atom stereocenters. The van der Waals surface area contributed by atoms with Gasteiger partial charge < -0.3 is 11.5 Å². The van der Waals surface area contributed by atoms with Crippen LogP contribution in [0.4, 0.5) is 11.4 Å². The lowest BCUT2D eigenvalue weighted by Gasteiger charge is -2.23. The summed E-state index contributed by atoms with van der Waals surface area (Å²) >= 11 is 0. The molecule has 0 saturated heterocycles. The largest absolute Gasteiger partial charge is 0.399 e. The molecule has 0 amide bonds.